The van der Waals surface area contributed by atoms with E-state index in [9.17, 15) is 0 Å². The molecule has 0 bridgehead atoms. The smallest absolute Gasteiger partial charge is 0.125 e. The quantitative estimate of drug-likeness (QED) is 0.655. The molecule has 5 nitrogen and oxygen atoms in total. The molecular weight excluding hydrogens is 332 g/mol. The van der Waals surface area contributed by atoms with Gasteiger partial charge in [-0.05, 0) is 36.6 Å². The van der Waals surface area contributed by atoms with Crippen molar-refractivity contribution < 1.29 is 4.74 Å². The Bertz CT molecular complexity index is 668. The second-order valence-corrected chi connectivity index (χ2v) is 6.33. The summed E-state index contributed by atoms with van der Waals surface area (Å²) in [6.45, 7) is 2.76. The molecule has 0 spiro atoms. The van der Waals surface area contributed by atoms with Gasteiger partial charge in [-0.25, -0.2) is 0 Å². The molecule has 6 heteroatoms. The molecule has 0 amide bonds. The molecule has 1 unspecified atom stereocenters. The van der Waals surface area contributed by atoms with Gasteiger partial charge in [-0.15, -0.1) is 0 Å². The largest absolute Gasteiger partial charge is 0.493 e. The van der Waals surface area contributed by atoms with Crippen LogP contribution in [0, 0.1) is 6.92 Å². The minimum atomic E-state index is 0.0151. The van der Waals surface area contributed by atoms with Crippen LogP contribution in [0.3, 0.4) is 0 Å². The Labute approximate surface area is 132 Å². The van der Waals surface area contributed by atoms with E-state index in [4.69, 9.17) is 10.6 Å². The number of rotatable bonds is 4. The fraction of sp³-hybridized carbons (Fsp3) is 0.400. The Balaban J connectivity index is 1.93. The first-order valence-electron chi connectivity index (χ1n) is 6.99. The summed E-state index contributed by atoms with van der Waals surface area (Å²) in [6.07, 6.45) is 3.75. The fourth-order valence-corrected chi connectivity index (χ4v) is 3.49. The number of halogens is 1. The number of hydrogen-bond donors (Lipinski definition) is 2. The first-order chi connectivity index (χ1) is 10.1. The first-order valence-corrected chi connectivity index (χ1v) is 7.78. The van der Waals surface area contributed by atoms with E-state index in [-0.39, 0.29) is 6.04 Å². The summed E-state index contributed by atoms with van der Waals surface area (Å²) >= 11 is 3.58. The monoisotopic (exact) mass is 350 g/mol. The Hall–Kier alpha value is -1.37. The maximum atomic E-state index is 5.79. The lowest BCUT2D eigenvalue weighted by atomic mass is 9.97. The van der Waals surface area contributed by atoms with Crippen LogP contribution in [0.2, 0.25) is 0 Å². The van der Waals surface area contributed by atoms with E-state index in [1.165, 1.54) is 11.1 Å². The highest BCUT2D eigenvalue weighted by Gasteiger charge is 2.22. The number of ether oxygens (including phenoxy) is 1. The van der Waals surface area contributed by atoms with Gasteiger partial charge in [0.05, 0.1) is 18.3 Å². The third kappa shape index (κ3) is 2.84. The maximum Gasteiger partial charge on any atom is 0.125 e. The van der Waals surface area contributed by atoms with Crippen LogP contribution in [0.5, 0.6) is 5.75 Å². The molecule has 1 atom stereocenters. The second-order valence-electron chi connectivity index (χ2n) is 5.42. The first kappa shape index (κ1) is 14.6. The Morgan fingerprint density at radius 1 is 1.52 bits per heavy atom. The molecule has 1 aromatic heterocycles. The lowest BCUT2D eigenvalue weighted by Gasteiger charge is -2.17. The van der Waals surface area contributed by atoms with Crippen molar-refractivity contribution in [1.82, 2.24) is 15.2 Å². The van der Waals surface area contributed by atoms with Crippen LogP contribution in [-0.2, 0) is 19.9 Å². The average molecular weight is 351 g/mol. The van der Waals surface area contributed by atoms with Crippen molar-refractivity contribution in [3.05, 3.63) is 45.2 Å². The molecule has 3 N–H and O–H groups in total. The van der Waals surface area contributed by atoms with Crippen LogP contribution in [-0.4, -0.2) is 16.4 Å². The summed E-state index contributed by atoms with van der Waals surface area (Å²) in [5.74, 6) is 6.79. The summed E-state index contributed by atoms with van der Waals surface area (Å²) in [6, 6.07) is 4.26. The van der Waals surface area contributed by atoms with Crippen LogP contribution in [0.15, 0.2) is 22.8 Å². The van der Waals surface area contributed by atoms with Gasteiger partial charge in [0.15, 0.2) is 0 Å². The van der Waals surface area contributed by atoms with E-state index in [0.717, 1.165) is 40.9 Å². The summed E-state index contributed by atoms with van der Waals surface area (Å²) in [4.78, 5) is 0. The summed E-state index contributed by atoms with van der Waals surface area (Å²) in [7, 11) is 1.92. The normalized spacial score (nSPS) is 14.9. The van der Waals surface area contributed by atoms with Gasteiger partial charge in [0.2, 0.25) is 0 Å². The van der Waals surface area contributed by atoms with E-state index >= 15 is 0 Å². The molecule has 1 aliphatic heterocycles. The van der Waals surface area contributed by atoms with E-state index < -0.39 is 0 Å². The summed E-state index contributed by atoms with van der Waals surface area (Å²) in [5.41, 5.74) is 7.45. The zero-order valence-corrected chi connectivity index (χ0v) is 13.8. The van der Waals surface area contributed by atoms with Gasteiger partial charge in [0.25, 0.3) is 0 Å². The van der Waals surface area contributed by atoms with Gasteiger partial charge < -0.3 is 4.74 Å². The molecule has 1 aliphatic rings. The van der Waals surface area contributed by atoms with E-state index in [1.807, 2.05) is 24.9 Å². The van der Waals surface area contributed by atoms with Crippen LogP contribution in [0.25, 0.3) is 0 Å². The summed E-state index contributed by atoms with van der Waals surface area (Å²) < 4.78 is 8.69. The minimum absolute atomic E-state index is 0.0151. The van der Waals surface area contributed by atoms with Crippen molar-refractivity contribution in [2.45, 2.75) is 25.8 Å². The molecule has 0 radical (unpaired) electrons. The fourth-order valence-electron chi connectivity index (χ4n) is 2.94. The number of nitrogens with one attached hydrogen (secondary N) is 1. The van der Waals surface area contributed by atoms with Crippen molar-refractivity contribution in [3.63, 3.8) is 0 Å². The van der Waals surface area contributed by atoms with Crippen molar-refractivity contribution >= 4 is 15.9 Å². The molecule has 112 valence electrons. The molecule has 0 saturated carbocycles. The summed E-state index contributed by atoms with van der Waals surface area (Å²) in [5, 5.41) is 4.39. The Morgan fingerprint density at radius 2 is 2.33 bits per heavy atom. The highest BCUT2D eigenvalue weighted by atomic mass is 79.9. The van der Waals surface area contributed by atoms with Crippen LogP contribution in [0.1, 0.15) is 28.4 Å². The van der Waals surface area contributed by atoms with Crippen molar-refractivity contribution in [2.24, 2.45) is 12.9 Å². The molecule has 0 fully saturated rings. The number of hydrazine groups is 1. The molecule has 2 heterocycles. The van der Waals surface area contributed by atoms with Gasteiger partial charge in [0, 0.05) is 29.7 Å². The maximum absolute atomic E-state index is 5.79. The lowest BCUT2D eigenvalue weighted by molar-refractivity contribution is 0.351. The van der Waals surface area contributed by atoms with Crippen molar-refractivity contribution in [2.75, 3.05) is 6.61 Å². The SMILES string of the molecule is Cc1nn(C)cc1C(Cc1cc(Br)cc2c1OCC2)NN. The van der Waals surface area contributed by atoms with E-state index in [2.05, 4.69) is 38.6 Å². The second kappa shape index (κ2) is 5.79. The zero-order chi connectivity index (χ0) is 15.0. The topological polar surface area (TPSA) is 65.1 Å². The number of benzene rings is 1. The number of aromatic nitrogens is 2. The Morgan fingerprint density at radius 3 is 3.00 bits per heavy atom. The standard InChI is InChI=1S/C15H19BrN4O/c1-9-13(8-20(2)19-9)14(18-17)7-11-6-12(16)5-10-3-4-21-15(10)11/h5-6,8,14,18H,3-4,7,17H2,1-2H3. The molecule has 21 heavy (non-hydrogen) atoms. The molecular formula is C15H19BrN4O. The molecule has 0 saturated heterocycles. The van der Waals surface area contributed by atoms with Crippen molar-refractivity contribution in [1.29, 1.82) is 0 Å². The minimum Gasteiger partial charge on any atom is -0.493 e. The number of fused-ring (bicyclic) bond motifs is 1. The molecule has 0 aliphatic carbocycles. The highest BCUT2D eigenvalue weighted by Crippen LogP contribution is 2.35. The molecule has 1 aromatic carbocycles. The highest BCUT2D eigenvalue weighted by molar-refractivity contribution is 9.10. The third-order valence-corrected chi connectivity index (χ3v) is 4.34. The molecule has 2 aromatic rings. The Kier molecular flexibility index (Phi) is 4.01. The van der Waals surface area contributed by atoms with E-state index in [0.29, 0.717) is 0 Å². The van der Waals surface area contributed by atoms with E-state index in [1.54, 1.807) is 0 Å². The van der Waals surface area contributed by atoms with Gasteiger partial charge >= 0.3 is 0 Å². The average Bonchev–Trinajstić information content (AvgIpc) is 3.02. The predicted octanol–water partition coefficient (Wildman–Crippen LogP) is 2.17. The zero-order valence-electron chi connectivity index (χ0n) is 12.2. The number of nitrogens with two attached hydrogens (primary N) is 1. The predicted molar refractivity (Wildman–Crippen MR) is 85.1 cm³/mol. The van der Waals surface area contributed by atoms with Crippen LogP contribution in [0.4, 0.5) is 0 Å². The van der Waals surface area contributed by atoms with Gasteiger partial charge in [-0.3, -0.25) is 16.0 Å². The third-order valence-electron chi connectivity index (χ3n) is 3.88. The number of nitrogens with zero attached hydrogens (tertiary/aromatic N) is 2. The van der Waals surface area contributed by atoms with Gasteiger partial charge in [-0.1, -0.05) is 15.9 Å². The van der Waals surface area contributed by atoms with Crippen molar-refractivity contribution in [3.8, 4) is 5.75 Å². The number of aryl methyl sites for hydroxylation is 2. The number of hydrogen-bond acceptors (Lipinski definition) is 4. The lowest BCUT2D eigenvalue weighted by Crippen LogP contribution is -2.30. The van der Waals surface area contributed by atoms with Gasteiger partial charge in [0.1, 0.15) is 5.75 Å². The van der Waals surface area contributed by atoms with Gasteiger partial charge in [-0.2, -0.15) is 5.10 Å². The molecule has 3 rings (SSSR count). The van der Waals surface area contributed by atoms with Crippen LogP contribution < -0.4 is 16.0 Å². The van der Waals surface area contributed by atoms with Crippen LogP contribution >= 0.6 is 15.9 Å².